The average molecular weight is 302 g/mol. The topological polar surface area (TPSA) is 36.4 Å². The summed E-state index contributed by atoms with van der Waals surface area (Å²) in [5, 5.41) is 8.75. The average Bonchev–Trinajstić information content (AvgIpc) is 2.97. The van der Waals surface area contributed by atoms with E-state index < -0.39 is 0 Å². The number of guanidine groups is 1. The second-order valence-electron chi connectivity index (χ2n) is 3.85. The molecule has 2 rings (SSSR count). The van der Waals surface area contributed by atoms with E-state index in [9.17, 15) is 0 Å². The van der Waals surface area contributed by atoms with E-state index in [1.807, 2.05) is 0 Å². The van der Waals surface area contributed by atoms with Crippen LogP contribution in [0.2, 0.25) is 0 Å². The third kappa shape index (κ3) is 3.79. The van der Waals surface area contributed by atoms with Crippen LogP contribution in [0.3, 0.4) is 0 Å². The van der Waals surface area contributed by atoms with Crippen molar-refractivity contribution in [3.05, 3.63) is 20.8 Å². The lowest BCUT2D eigenvalue weighted by molar-refractivity contribution is 0.813. The van der Waals surface area contributed by atoms with Crippen molar-refractivity contribution in [1.82, 2.24) is 10.6 Å². The van der Waals surface area contributed by atoms with E-state index in [1.54, 1.807) is 11.3 Å². The van der Waals surface area contributed by atoms with Crippen LogP contribution in [0.1, 0.15) is 24.6 Å². The number of hydrogen-bond acceptors (Lipinski definition) is 2. The third-order valence-corrected chi connectivity index (χ3v) is 3.96. The summed E-state index contributed by atoms with van der Waals surface area (Å²) in [4.78, 5) is 5.84. The van der Waals surface area contributed by atoms with Gasteiger partial charge in [0.1, 0.15) is 0 Å². The molecule has 1 saturated carbocycles. The predicted octanol–water partition coefficient (Wildman–Crippen LogP) is 2.73. The molecule has 0 atom stereocenters. The van der Waals surface area contributed by atoms with Gasteiger partial charge in [-0.25, -0.2) is 4.99 Å². The van der Waals surface area contributed by atoms with E-state index >= 15 is 0 Å². The molecule has 0 aromatic carbocycles. The van der Waals surface area contributed by atoms with Crippen LogP contribution >= 0.6 is 27.3 Å². The van der Waals surface area contributed by atoms with Gasteiger partial charge in [-0.3, -0.25) is 0 Å². The molecule has 0 saturated heterocycles. The summed E-state index contributed by atoms with van der Waals surface area (Å²) in [7, 11) is 0. The summed E-state index contributed by atoms with van der Waals surface area (Å²) >= 11 is 5.19. The molecule has 1 aromatic heterocycles. The van der Waals surface area contributed by atoms with Gasteiger partial charge >= 0.3 is 0 Å². The number of nitrogens with one attached hydrogen (secondary N) is 2. The first-order chi connectivity index (χ1) is 7.78. The first-order valence-electron chi connectivity index (χ1n) is 5.55. The van der Waals surface area contributed by atoms with Crippen molar-refractivity contribution in [3.8, 4) is 0 Å². The monoisotopic (exact) mass is 301 g/mol. The zero-order chi connectivity index (χ0) is 11.4. The van der Waals surface area contributed by atoms with E-state index in [-0.39, 0.29) is 0 Å². The maximum atomic E-state index is 4.56. The Bertz CT molecular complexity index is 371. The molecule has 2 N–H and O–H groups in total. The molecule has 5 heteroatoms. The predicted molar refractivity (Wildman–Crippen MR) is 73.0 cm³/mol. The molecule has 0 bridgehead atoms. The van der Waals surface area contributed by atoms with Crippen LogP contribution in [0.4, 0.5) is 0 Å². The fourth-order valence-electron chi connectivity index (χ4n) is 1.33. The Morgan fingerprint density at radius 3 is 3.00 bits per heavy atom. The van der Waals surface area contributed by atoms with Crippen molar-refractivity contribution in [1.29, 1.82) is 0 Å². The standard InChI is InChI=1S/C11H16BrN3S/c1-2-13-11(15-9-3-4-9)14-6-10-5-8(12)7-16-10/h5,7,9H,2-4,6H2,1H3,(H2,13,14,15). The van der Waals surface area contributed by atoms with Crippen molar-refractivity contribution < 1.29 is 0 Å². The lowest BCUT2D eigenvalue weighted by Crippen LogP contribution is -2.38. The number of thiophene rings is 1. The minimum absolute atomic E-state index is 0.646. The molecule has 0 radical (unpaired) electrons. The highest BCUT2D eigenvalue weighted by molar-refractivity contribution is 9.10. The molecule has 0 amide bonds. The molecule has 88 valence electrons. The van der Waals surface area contributed by atoms with Gasteiger partial charge in [0.05, 0.1) is 6.54 Å². The number of aliphatic imine (C=N–C) groups is 1. The van der Waals surface area contributed by atoms with E-state index in [1.165, 1.54) is 17.7 Å². The Morgan fingerprint density at radius 2 is 2.44 bits per heavy atom. The molecule has 0 unspecified atom stereocenters. The van der Waals surface area contributed by atoms with Crippen molar-refractivity contribution in [2.45, 2.75) is 32.4 Å². The van der Waals surface area contributed by atoms with Crippen LogP contribution in [-0.2, 0) is 6.54 Å². The molecule has 1 aliphatic rings. The Hall–Kier alpha value is -0.550. The third-order valence-electron chi connectivity index (χ3n) is 2.28. The van der Waals surface area contributed by atoms with Crippen LogP contribution in [0.15, 0.2) is 20.9 Å². The molecule has 1 aromatic rings. The normalized spacial score (nSPS) is 16.2. The lowest BCUT2D eigenvalue weighted by atomic mass is 10.5. The van der Waals surface area contributed by atoms with Crippen molar-refractivity contribution in [2.75, 3.05) is 6.54 Å². The second-order valence-corrected chi connectivity index (χ2v) is 5.76. The quantitative estimate of drug-likeness (QED) is 0.663. The molecular weight excluding hydrogens is 286 g/mol. The van der Waals surface area contributed by atoms with Gasteiger partial charge in [-0.1, -0.05) is 0 Å². The van der Waals surface area contributed by atoms with Crippen LogP contribution in [0, 0.1) is 0 Å². The summed E-state index contributed by atoms with van der Waals surface area (Å²) in [5.41, 5.74) is 0. The molecule has 1 heterocycles. The molecular formula is C11H16BrN3S. The maximum absolute atomic E-state index is 4.56. The van der Waals surface area contributed by atoms with Crippen LogP contribution in [0.25, 0.3) is 0 Å². The highest BCUT2D eigenvalue weighted by Gasteiger charge is 2.21. The highest BCUT2D eigenvalue weighted by Crippen LogP contribution is 2.21. The van der Waals surface area contributed by atoms with Crippen molar-refractivity contribution >= 4 is 33.2 Å². The summed E-state index contributed by atoms with van der Waals surface area (Å²) in [6, 6.07) is 2.77. The second kappa shape index (κ2) is 5.68. The Kier molecular flexibility index (Phi) is 4.23. The smallest absolute Gasteiger partial charge is 0.191 e. The van der Waals surface area contributed by atoms with E-state index in [0.29, 0.717) is 6.04 Å². The molecule has 1 fully saturated rings. The summed E-state index contributed by atoms with van der Waals surface area (Å²) < 4.78 is 1.14. The van der Waals surface area contributed by atoms with Crippen LogP contribution in [-0.4, -0.2) is 18.5 Å². The minimum Gasteiger partial charge on any atom is -0.357 e. The maximum Gasteiger partial charge on any atom is 0.191 e. The van der Waals surface area contributed by atoms with Gasteiger partial charge in [0.25, 0.3) is 0 Å². The first kappa shape index (κ1) is 11.9. The highest BCUT2D eigenvalue weighted by atomic mass is 79.9. The number of rotatable bonds is 4. The van der Waals surface area contributed by atoms with Gasteiger partial charge in [-0.05, 0) is 41.8 Å². The SMILES string of the molecule is CCNC(=NCc1cc(Br)cs1)NC1CC1. The number of hydrogen-bond donors (Lipinski definition) is 2. The minimum atomic E-state index is 0.646. The fourth-order valence-corrected chi connectivity index (χ4v) is 2.71. The lowest BCUT2D eigenvalue weighted by Gasteiger charge is -2.09. The first-order valence-corrected chi connectivity index (χ1v) is 7.23. The summed E-state index contributed by atoms with van der Waals surface area (Å²) in [6.07, 6.45) is 2.55. The van der Waals surface area contributed by atoms with E-state index in [2.05, 4.69) is 49.9 Å². The molecule has 0 spiro atoms. The molecule has 1 aliphatic carbocycles. The summed E-state index contributed by atoms with van der Waals surface area (Å²) in [5.74, 6) is 0.939. The largest absolute Gasteiger partial charge is 0.357 e. The van der Waals surface area contributed by atoms with Gasteiger partial charge < -0.3 is 10.6 Å². The van der Waals surface area contributed by atoms with Crippen LogP contribution in [0.5, 0.6) is 0 Å². The van der Waals surface area contributed by atoms with Crippen molar-refractivity contribution in [2.24, 2.45) is 4.99 Å². The fraction of sp³-hybridized carbons (Fsp3) is 0.545. The van der Waals surface area contributed by atoms with Crippen molar-refractivity contribution in [3.63, 3.8) is 0 Å². The Labute approximate surface area is 108 Å². The van der Waals surface area contributed by atoms with Gasteiger partial charge in [0.2, 0.25) is 0 Å². The summed E-state index contributed by atoms with van der Waals surface area (Å²) in [6.45, 7) is 3.75. The van der Waals surface area contributed by atoms with Crippen LogP contribution < -0.4 is 10.6 Å². The Balaban J connectivity index is 1.90. The number of nitrogens with zero attached hydrogens (tertiary/aromatic N) is 1. The van der Waals surface area contributed by atoms with Gasteiger partial charge in [-0.15, -0.1) is 11.3 Å². The zero-order valence-corrected chi connectivity index (χ0v) is 11.7. The van der Waals surface area contributed by atoms with Gasteiger partial charge in [0, 0.05) is 27.3 Å². The Morgan fingerprint density at radius 1 is 1.62 bits per heavy atom. The molecule has 16 heavy (non-hydrogen) atoms. The van der Waals surface area contributed by atoms with Gasteiger partial charge in [0.15, 0.2) is 5.96 Å². The van der Waals surface area contributed by atoms with Gasteiger partial charge in [-0.2, -0.15) is 0 Å². The number of halogens is 1. The van der Waals surface area contributed by atoms with E-state index in [4.69, 9.17) is 0 Å². The molecule has 0 aliphatic heterocycles. The zero-order valence-electron chi connectivity index (χ0n) is 9.29. The van der Waals surface area contributed by atoms with E-state index in [0.717, 1.165) is 23.5 Å². The molecule has 3 nitrogen and oxygen atoms in total.